The Hall–Kier alpha value is -2.95. The topological polar surface area (TPSA) is 108 Å². The molecule has 1 aromatic rings. The normalized spacial score (nSPS) is 12.4. The Bertz CT molecular complexity index is 672. The number of nitrogens with one attached hydrogen (secondary N) is 2. The lowest BCUT2D eigenvalue weighted by Crippen LogP contribution is -2.52. The standard InChI is InChI=1S/C17H20FN3O4/c1-11(22)20-15(10-12-5-3-6-13(18)9-12)16(23)21-14(7-4-8-19)17(24)25-2/h3,5-6,9,14-15H,4,7,10H2,1-2H3,(H,20,22)(H,21,23)/t14-,15+/m1/s1. The summed E-state index contributed by atoms with van der Waals surface area (Å²) in [5.41, 5.74) is 0.514. The lowest BCUT2D eigenvalue weighted by molar-refractivity contribution is -0.145. The molecule has 0 aromatic heterocycles. The highest BCUT2D eigenvalue weighted by Gasteiger charge is 2.26. The summed E-state index contributed by atoms with van der Waals surface area (Å²) in [5.74, 6) is -2.20. The maximum atomic E-state index is 13.3. The Labute approximate surface area is 145 Å². The first-order valence-corrected chi connectivity index (χ1v) is 7.64. The fourth-order valence-electron chi connectivity index (χ4n) is 2.23. The molecule has 2 amide bonds. The number of nitrogens with zero attached hydrogens (tertiary/aromatic N) is 1. The zero-order valence-electron chi connectivity index (χ0n) is 14.0. The summed E-state index contributed by atoms with van der Waals surface area (Å²) in [5, 5.41) is 13.6. The average molecular weight is 349 g/mol. The second kappa shape index (κ2) is 10.0. The molecule has 0 aliphatic heterocycles. The molecule has 0 spiro atoms. The number of amides is 2. The van der Waals surface area contributed by atoms with Crippen LogP contribution in [-0.2, 0) is 25.5 Å². The molecule has 7 nitrogen and oxygen atoms in total. The third-order valence-electron chi connectivity index (χ3n) is 3.37. The van der Waals surface area contributed by atoms with Gasteiger partial charge in [-0.25, -0.2) is 9.18 Å². The van der Waals surface area contributed by atoms with Crippen LogP contribution in [0.4, 0.5) is 4.39 Å². The second-order valence-electron chi connectivity index (χ2n) is 5.37. The third-order valence-corrected chi connectivity index (χ3v) is 3.37. The summed E-state index contributed by atoms with van der Waals surface area (Å²) in [6, 6.07) is 5.55. The van der Waals surface area contributed by atoms with Crippen molar-refractivity contribution in [2.75, 3.05) is 7.11 Å². The van der Waals surface area contributed by atoms with Crippen molar-refractivity contribution in [3.63, 3.8) is 0 Å². The minimum Gasteiger partial charge on any atom is -0.467 e. The average Bonchev–Trinajstić information content (AvgIpc) is 2.56. The molecule has 25 heavy (non-hydrogen) atoms. The highest BCUT2D eigenvalue weighted by Crippen LogP contribution is 2.08. The van der Waals surface area contributed by atoms with E-state index in [1.165, 1.54) is 32.2 Å². The van der Waals surface area contributed by atoms with Gasteiger partial charge in [-0.15, -0.1) is 0 Å². The van der Waals surface area contributed by atoms with Gasteiger partial charge >= 0.3 is 5.97 Å². The first kappa shape index (κ1) is 20.1. The number of hydrogen-bond acceptors (Lipinski definition) is 5. The van der Waals surface area contributed by atoms with Gasteiger partial charge in [0, 0.05) is 19.8 Å². The maximum Gasteiger partial charge on any atom is 0.328 e. The van der Waals surface area contributed by atoms with Crippen molar-refractivity contribution >= 4 is 17.8 Å². The highest BCUT2D eigenvalue weighted by atomic mass is 19.1. The summed E-state index contributed by atoms with van der Waals surface area (Å²) in [4.78, 5) is 35.5. The highest BCUT2D eigenvalue weighted by molar-refractivity contribution is 5.90. The molecule has 0 saturated heterocycles. The fourth-order valence-corrected chi connectivity index (χ4v) is 2.23. The van der Waals surface area contributed by atoms with Crippen molar-refractivity contribution < 1.29 is 23.5 Å². The lowest BCUT2D eigenvalue weighted by atomic mass is 10.0. The number of halogens is 1. The van der Waals surface area contributed by atoms with E-state index in [9.17, 15) is 18.8 Å². The van der Waals surface area contributed by atoms with Crippen LogP contribution in [0.25, 0.3) is 0 Å². The number of nitriles is 1. The first-order valence-electron chi connectivity index (χ1n) is 7.64. The van der Waals surface area contributed by atoms with Gasteiger partial charge in [-0.1, -0.05) is 12.1 Å². The monoisotopic (exact) mass is 349 g/mol. The molecule has 0 saturated carbocycles. The number of carbonyl (C=O) groups is 3. The van der Waals surface area contributed by atoms with Gasteiger partial charge in [-0.3, -0.25) is 9.59 Å². The summed E-state index contributed by atoms with van der Waals surface area (Å²) in [7, 11) is 1.17. The summed E-state index contributed by atoms with van der Waals surface area (Å²) >= 11 is 0. The van der Waals surface area contributed by atoms with Crippen LogP contribution in [0.3, 0.4) is 0 Å². The van der Waals surface area contributed by atoms with Gasteiger partial charge in [0.05, 0.1) is 13.2 Å². The van der Waals surface area contributed by atoms with E-state index in [0.29, 0.717) is 5.56 Å². The molecule has 1 aromatic carbocycles. The Kier molecular flexibility index (Phi) is 8.06. The van der Waals surface area contributed by atoms with Crippen molar-refractivity contribution in [3.8, 4) is 6.07 Å². The second-order valence-corrected chi connectivity index (χ2v) is 5.37. The van der Waals surface area contributed by atoms with Crippen molar-refractivity contribution in [2.45, 2.75) is 38.3 Å². The van der Waals surface area contributed by atoms with E-state index in [2.05, 4.69) is 15.4 Å². The number of benzene rings is 1. The minimum absolute atomic E-state index is 0.0503. The molecule has 0 heterocycles. The minimum atomic E-state index is -0.999. The molecule has 0 fully saturated rings. The molecule has 0 aliphatic carbocycles. The number of carbonyl (C=O) groups excluding carboxylic acids is 3. The van der Waals surface area contributed by atoms with Crippen molar-refractivity contribution in [3.05, 3.63) is 35.6 Å². The quantitative estimate of drug-likeness (QED) is 0.676. The van der Waals surface area contributed by atoms with Gasteiger partial charge in [-0.2, -0.15) is 5.26 Å². The molecule has 1 rings (SSSR count). The van der Waals surface area contributed by atoms with Gasteiger partial charge in [-0.05, 0) is 24.1 Å². The smallest absolute Gasteiger partial charge is 0.328 e. The van der Waals surface area contributed by atoms with Crippen LogP contribution < -0.4 is 10.6 Å². The summed E-state index contributed by atoms with van der Waals surface area (Å²) in [6.07, 6.45) is 0.186. The molecule has 8 heteroatoms. The van der Waals surface area contributed by atoms with E-state index in [0.717, 1.165) is 0 Å². The molecule has 0 unspecified atom stereocenters. The van der Waals surface area contributed by atoms with Crippen LogP contribution in [0.2, 0.25) is 0 Å². The van der Waals surface area contributed by atoms with Crippen LogP contribution in [0.15, 0.2) is 24.3 Å². The van der Waals surface area contributed by atoms with Crippen molar-refractivity contribution in [1.82, 2.24) is 10.6 Å². The SMILES string of the molecule is COC(=O)[C@@H](CCC#N)NC(=O)[C@H](Cc1cccc(F)c1)NC(C)=O. The number of rotatable bonds is 8. The van der Waals surface area contributed by atoms with Gasteiger partial charge in [0.25, 0.3) is 0 Å². The van der Waals surface area contributed by atoms with E-state index >= 15 is 0 Å². The zero-order valence-corrected chi connectivity index (χ0v) is 14.0. The van der Waals surface area contributed by atoms with Gasteiger partial charge in [0.1, 0.15) is 17.9 Å². The van der Waals surface area contributed by atoms with Crippen molar-refractivity contribution in [2.24, 2.45) is 0 Å². The lowest BCUT2D eigenvalue weighted by Gasteiger charge is -2.21. The molecule has 0 radical (unpaired) electrons. The Morgan fingerprint density at radius 2 is 2.00 bits per heavy atom. The van der Waals surface area contributed by atoms with E-state index in [1.54, 1.807) is 6.07 Å². The van der Waals surface area contributed by atoms with E-state index in [1.807, 2.05) is 6.07 Å². The van der Waals surface area contributed by atoms with Gasteiger partial charge in [0.15, 0.2) is 0 Å². The maximum absolute atomic E-state index is 13.3. The van der Waals surface area contributed by atoms with Crippen LogP contribution in [0.5, 0.6) is 0 Å². The molecule has 2 atom stereocenters. The largest absolute Gasteiger partial charge is 0.467 e. The molecular formula is C17H20FN3O4. The number of hydrogen-bond donors (Lipinski definition) is 2. The fraction of sp³-hybridized carbons (Fsp3) is 0.412. The zero-order chi connectivity index (χ0) is 18.8. The van der Waals surface area contributed by atoms with Gasteiger partial charge in [0.2, 0.25) is 11.8 Å². The first-order chi connectivity index (χ1) is 11.9. The van der Waals surface area contributed by atoms with Crippen LogP contribution in [0, 0.1) is 17.1 Å². The van der Waals surface area contributed by atoms with Crippen LogP contribution in [0.1, 0.15) is 25.3 Å². The van der Waals surface area contributed by atoms with Crippen LogP contribution in [-0.4, -0.2) is 37.0 Å². The van der Waals surface area contributed by atoms with E-state index < -0.39 is 35.7 Å². The number of esters is 1. The summed E-state index contributed by atoms with van der Waals surface area (Å²) < 4.78 is 17.9. The van der Waals surface area contributed by atoms with Crippen LogP contribution >= 0.6 is 0 Å². The molecule has 2 N–H and O–H groups in total. The predicted octanol–water partition coefficient (Wildman–Crippen LogP) is 0.834. The van der Waals surface area contributed by atoms with Crippen molar-refractivity contribution in [1.29, 1.82) is 5.26 Å². The van der Waals surface area contributed by atoms with E-state index in [4.69, 9.17) is 5.26 Å². The third kappa shape index (κ3) is 6.99. The Morgan fingerprint density at radius 1 is 1.28 bits per heavy atom. The molecule has 0 bridgehead atoms. The molecule has 134 valence electrons. The number of ether oxygens (including phenoxy) is 1. The number of methoxy groups -OCH3 is 1. The van der Waals surface area contributed by atoms with E-state index in [-0.39, 0.29) is 19.3 Å². The molecular weight excluding hydrogens is 329 g/mol. The predicted molar refractivity (Wildman–Crippen MR) is 86.5 cm³/mol. The Balaban J connectivity index is 2.89. The Morgan fingerprint density at radius 3 is 2.56 bits per heavy atom. The van der Waals surface area contributed by atoms with Gasteiger partial charge < -0.3 is 15.4 Å². The molecule has 0 aliphatic rings. The summed E-state index contributed by atoms with van der Waals surface area (Å²) in [6.45, 7) is 1.25.